The average molecular weight is 223 g/mol. The highest BCUT2D eigenvalue weighted by molar-refractivity contribution is 5.18. The van der Waals surface area contributed by atoms with Crippen molar-refractivity contribution in [2.24, 2.45) is 5.92 Å². The summed E-state index contributed by atoms with van der Waals surface area (Å²) in [7, 11) is 0. The molecule has 0 atom stereocenters. The minimum absolute atomic E-state index is 0.109. The van der Waals surface area contributed by atoms with E-state index in [0.29, 0.717) is 5.75 Å². The Labute approximate surface area is 98.9 Å². The van der Waals surface area contributed by atoms with Crippen molar-refractivity contribution in [1.29, 1.82) is 0 Å². The lowest BCUT2D eigenvalue weighted by molar-refractivity contribution is 0.185. The topological polar surface area (TPSA) is 40.1 Å². The lowest BCUT2D eigenvalue weighted by atomic mass is 10.1. The molecule has 0 amide bonds. The molecule has 1 N–H and O–H groups in total. The third-order valence-corrected chi connectivity index (χ3v) is 2.18. The quantitative estimate of drug-likeness (QED) is 0.752. The van der Waals surface area contributed by atoms with Crippen LogP contribution in [0.4, 0.5) is 0 Å². The van der Waals surface area contributed by atoms with Gasteiger partial charge < -0.3 is 5.11 Å². The number of hydrogen-bond donors (Lipinski definition) is 1. The second kappa shape index (κ2) is 10.5. The molecule has 2 heteroatoms. The van der Waals surface area contributed by atoms with Gasteiger partial charge in [-0.05, 0) is 24.5 Å². The van der Waals surface area contributed by atoms with E-state index in [0.717, 1.165) is 18.8 Å². The molecule has 1 rings (SSSR count). The second-order valence-corrected chi connectivity index (χ2v) is 4.28. The van der Waals surface area contributed by atoms with Crippen molar-refractivity contribution in [3.05, 3.63) is 30.3 Å². The van der Waals surface area contributed by atoms with Crippen molar-refractivity contribution in [3.8, 4) is 5.75 Å². The van der Waals surface area contributed by atoms with E-state index >= 15 is 0 Å². The smallest absolute Gasteiger partial charge is 0.115 e. The molecule has 16 heavy (non-hydrogen) atoms. The fourth-order valence-corrected chi connectivity index (χ4v) is 1.26. The van der Waals surface area contributed by atoms with Gasteiger partial charge in [0.1, 0.15) is 5.75 Å². The van der Waals surface area contributed by atoms with E-state index in [4.69, 9.17) is 5.11 Å². The minimum Gasteiger partial charge on any atom is -0.508 e. The third kappa shape index (κ3) is 11.1. The van der Waals surface area contributed by atoms with Gasteiger partial charge in [0.2, 0.25) is 0 Å². The molecule has 2 nitrogen and oxygen atoms in total. The summed E-state index contributed by atoms with van der Waals surface area (Å²) in [5.74, 6) is 1.12. The fourth-order valence-electron chi connectivity index (χ4n) is 1.26. The number of aromatic hydroxyl groups is 1. The van der Waals surface area contributed by atoms with Gasteiger partial charge in [-0.25, -0.2) is 5.11 Å². The maximum absolute atomic E-state index is 9.97. The normalized spacial score (nSPS) is 9.75. The largest absolute Gasteiger partial charge is 0.508 e. The molecule has 0 aliphatic rings. The van der Waals surface area contributed by atoms with Gasteiger partial charge in [-0.15, -0.1) is 0 Å². The van der Waals surface area contributed by atoms with Crippen molar-refractivity contribution in [1.82, 2.24) is 0 Å². The molecule has 0 aliphatic carbocycles. The fraction of sp³-hybridized carbons (Fsp3) is 0.571. The van der Waals surface area contributed by atoms with Gasteiger partial charge in [-0.2, -0.15) is 0 Å². The van der Waals surface area contributed by atoms with Crippen molar-refractivity contribution >= 4 is 0 Å². The zero-order valence-corrected chi connectivity index (χ0v) is 10.4. The number of phenols is 1. The van der Waals surface area contributed by atoms with Crippen LogP contribution < -0.4 is 0 Å². The molecule has 0 bridgehead atoms. The van der Waals surface area contributed by atoms with E-state index in [9.17, 15) is 5.11 Å². The van der Waals surface area contributed by atoms with Crippen LogP contribution >= 0.6 is 0 Å². The Kier molecular flexibility index (Phi) is 9.83. The molecule has 91 valence electrons. The van der Waals surface area contributed by atoms with E-state index in [2.05, 4.69) is 13.8 Å². The van der Waals surface area contributed by atoms with Crippen LogP contribution in [0.3, 0.4) is 0 Å². The molecule has 0 spiro atoms. The molecular formula is C14H23O2. The van der Waals surface area contributed by atoms with E-state index in [1.807, 2.05) is 6.07 Å². The molecule has 0 saturated carbocycles. The van der Waals surface area contributed by atoms with Crippen LogP contribution in [-0.4, -0.2) is 11.7 Å². The Bertz CT molecular complexity index is 232. The SMILES string of the molecule is CC(C)CCCCC[O].Oc1ccccc1. The summed E-state index contributed by atoms with van der Waals surface area (Å²) in [5.41, 5.74) is 0. The van der Waals surface area contributed by atoms with Crippen molar-refractivity contribution in [3.63, 3.8) is 0 Å². The summed E-state index contributed by atoms with van der Waals surface area (Å²) >= 11 is 0. The van der Waals surface area contributed by atoms with Crippen molar-refractivity contribution in [2.45, 2.75) is 39.5 Å². The summed E-state index contributed by atoms with van der Waals surface area (Å²) in [6, 6.07) is 8.71. The predicted molar refractivity (Wildman–Crippen MR) is 67.0 cm³/mol. The first-order chi connectivity index (χ1) is 7.66. The van der Waals surface area contributed by atoms with E-state index < -0.39 is 0 Å². The lowest BCUT2D eigenvalue weighted by Crippen LogP contribution is -1.87. The van der Waals surface area contributed by atoms with Crippen LogP contribution in [0.15, 0.2) is 30.3 Å². The molecule has 1 aromatic rings. The maximum Gasteiger partial charge on any atom is 0.115 e. The summed E-state index contributed by atoms with van der Waals surface area (Å²) in [5, 5.41) is 18.6. The summed E-state index contributed by atoms with van der Waals surface area (Å²) in [6.45, 7) is 4.55. The molecule has 0 unspecified atom stereocenters. The molecular weight excluding hydrogens is 200 g/mol. The molecule has 1 radical (unpaired) electrons. The molecule has 1 aromatic carbocycles. The maximum atomic E-state index is 9.97. The predicted octanol–water partition coefficient (Wildman–Crippen LogP) is 4.03. The minimum atomic E-state index is 0.109. The van der Waals surface area contributed by atoms with E-state index in [-0.39, 0.29) is 6.61 Å². The first-order valence-electron chi connectivity index (χ1n) is 5.99. The highest BCUT2D eigenvalue weighted by Crippen LogP contribution is 2.07. The molecule has 0 saturated heterocycles. The number of rotatable bonds is 5. The highest BCUT2D eigenvalue weighted by atomic mass is 16.3. The van der Waals surface area contributed by atoms with E-state index in [1.165, 1.54) is 12.8 Å². The standard InChI is InChI=1S/C8H17O.C6H6O/c1-8(2)6-4-3-5-7-9;7-6-4-2-1-3-5-6/h8H,3-7H2,1-2H3;1-5,7H. The summed E-state index contributed by atoms with van der Waals surface area (Å²) < 4.78 is 0. The number of unbranched alkanes of at least 4 members (excludes halogenated alkanes) is 2. The van der Waals surface area contributed by atoms with Gasteiger partial charge in [0.05, 0.1) is 6.61 Å². The highest BCUT2D eigenvalue weighted by Gasteiger charge is 1.92. The monoisotopic (exact) mass is 223 g/mol. The second-order valence-electron chi connectivity index (χ2n) is 4.28. The number of hydrogen-bond acceptors (Lipinski definition) is 1. The number of benzene rings is 1. The Morgan fingerprint density at radius 3 is 2.06 bits per heavy atom. The van der Waals surface area contributed by atoms with Crippen LogP contribution in [-0.2, 0) is 5.11 Å². The summed E-state index contributed by atoms with van der Waals surface area (Å²) in [6.07, 6.45) is 4.51. The van der Waals surface area contributed by atoms with Gasteiger partial charge in [-0.3, -0.25) is 0 Å². The molecule has 0 aliphatic heterocycles. The van der Waals surface area contributed by atoms with Crippen LogP contribution in [0.2, 0.25) is 0 Å². The van der Waals surface area contributed by atoms with Crippen LogP contribution in [0, 0.1) is 5.92 Å². The Morgan fingerprint density at radius 2 is 1.69 bits per heavy atom. The first-order valence-corrected chi connectivity index (χ1v) is 5.99. The Hall–Kier alpha value is -1.02. The van der Waals surface area contributed by atoms with E-state index in [1.54, 1.807) is 24.3 Å². The van der Waals surface area contributed by atoms with Crippen LogP contribution in [0.25, 0.3) is 0 Å². The molecule has 0 heterocycles. The van der Waals surface area contributed by atoms with Crippen molar-refractivity contribution in [2.75, 3.05) is 6.61 Å². The third-order valence-electron chi connectivity index (χ3n) is 2.18. The van der Waals surface area contributed by atoms with Gasteiger partial charge in [0.25, 0.3) is 0 Å². The van der Waals surface area contributed by atoms with Crippen LogP contribution in [0.5, 0.6) is 5.75 Å². The molecule has 0 aromatic heterocycles. The van der Waals surface area contributed by atoms with Gasteiger partial charge in [0, 0.05) is 0 Å². The van der Waals surface area contributed by atoms with Crippen molar-refractivity contribution < 1.29 is 10.2 Å². The number of phenolic OH excluding ortho intramolecular Hbond substituents is 1. The lowest BCUT2D eigenvalue weighted by Gasteiger charge is -2.01. The Morgan fingerprint density at radius 1 is 1.06 bits per heavy atom. The van der Waals surface area contributed by atoms with Gasteiger partial charge in [0.15, 0.2) is 0 Å². The van der Waals surface area contributed by atoms with Gasteiger partial charge >= 0.3 is 0 Å². The zero-order valence-electron chi connectivity index (χ0n) is 10.4. The first kappa shape index (κ1) is 15.0. The molecule has 0 fully saturated rings. The number of para-hydroxylation sites is 1. The summed E-state index contributed by atoms with van der Waals surface area (Å²) in [4.78, 5) is 0. The zero-order chi connectivity index (χ0) is 12.2. The Balaban J connectivity index is 0.000000288. The van der Waals surface area contributed by atoms with Crippen LogP contribution in [0.1, 0.15) is 39.5 Å². The van der Waals surface area contributed by atoms with Gasteiger partial charge in [-0.1, -0.05) is 51.3 Å². The average Bonchev–Trinajstić information content (AvgIpc) is 2.26.